The van der Waals surface area contributed by atoms with E-state index in [0.29, 0.717) is 5.95 Å². The van der Waals surface area contributed by atoms with Crippen molar-refractivity contribution in [3.63, 3.8) is 0 Å². The molecular formula is C14H22N6. The van der Waals surface area contributed by atoms with Crippen molar-refractivity contribution in [2.45, 2.75) is 32.9 Å². The van der Waals surface area contributed by atoms with Gasteiger partial charge in [-0.25, -0.2) is 9.97 Å². The third-order valence-corrected chi connectivity index (χ3v) is 3.19. The fourth-order valence-electron chi connectivity index (χ4n) is 2.06. The predicted octanol–water partition coefficient (Wildman–Crippen LogP) is 1.94. The molecule has 0 amide bonds. The van der Waals surface area contributed by atoms with Crippen molar-refractivity contribution in [1.82, 2.24) is 19.5 Å². The van der Waals surface area contributed by atoms with Crippen LogP contribution in [-0.4, -0.2) is 39.7 Å². The van der Waals surface area contributed by atoms with Gasteiger partial charge in [-0.1, -0.05) is 6.92 Å². The van der Waals surface area contributed by atoms with E-state index in [1.807, 2.05) is 44.6 Å². The van der Waals surface area contributed by atoms with Crippen LogP contribution in [0.2, 0.25) is 0 Å². The Morgan fingerprint density at radius 3 is 2.80 bits per heavy atom. The lowest BCUT2D eigenvalue weighted by Gasteiger charge is -2.19. The lowest BCUT2D eigenvalue weighted by Crippen LogP contribution is -2.26. The van der Waals surface area contributed by atoms with E-state index >= 15 is 0 Å². The minimum absolute atomic E-state index is 0.280. The number of nitrogens with zero attached hydrogens (tertiary/aromatic N) is 5. The highest BCUT2D eigenvalue weighted by molar-refractivity contribution is 5.47. The van der Waals surface area contributed by atoms with Crippen LogP contribution in [0.5, 0.6) is 0 Å². The summed E-state index contributed by atoms with van der Waals surface area (Å²) < 4.78 is 2.06. The van der Waals surface area contributed by atoms with E-state index in [1.165, 1.54) is 0 Å². The van der Waals surface area contributed by atoms with Crippen LogP contribution in [0, 0.1) is 6.92 Å². The predicted molar refractivity (Wildman–Crippen MR) is 81.0 cm³/mol. The van der Waals surface area contributed by atoms with Gasteiger partial charge in [0.2, 0.25) is 5.95 Å². The number of hydrogen-bond acceptors (Lipinski definition) is 5. The molecule has 0 saturated heterocycles. The maximum atomic E-state index is 4.57. The van der Waals surface area contributed by atoms with Gasteiger partial charge >= 0.3 is 0 Å². The van der Waals surface area contributed by atoms with Crippen molar-refractivity contribution < 1.29 is 0 Å². The van der Waals surface area contributed by atoms with Gasteiger partial charge in [-0.05, 0) is 13.3 Å². The fraction of sp³-hybridized carbons (Fsp3) is 0.500. The standard InChI is InChI=1S/C14H22N6/c1-5-12(9-20-7-6-15-10-20)17-14-16-8-11(2)13(18-14)19(3)4/h6-8,10,12H,5,9H2,1-4H3,(H,16,17,18)/t12-/m1/s1. The van der Waals surface area contributed by atoms with E-state index in [-0.39, 0.29) is 6.04 Å². The molecule has 1 atom stereocenters. The van der Waals surface area contributed by atoms with Crippen LogP contribution >= 0.6 is 0 Å². The molecule has 2 aromatic rings. The minimum Gasteiger partial charge on any atom is -0.362 e. The van der Waals surface area contributed by atoms with Gasteiger partial charge in [-0.2, -0.15) is 4.98 Å². The van der Waals surface area contributed by atoms with E-state index in [4.69, 9.17) is 0 Å². The Morgan fingerprint density at radius 2 is 2.20 bits per heavy atom. The molecule has 6 heteroatoms. The van der Waals surface area contributed by atoms with Gasteiger partial charge in [0.05, 0.1) is 6.33 Å². The number of aryl methyl sites for hydroxylation is 1. The zero-order valence-electron chi connectivity index (χ0n) is 12.5. The summed E-state index contributed by atoms with van der Waals surface area (Å²) in [4.78, 5) is 15.0. The van der Waals surface area contributed by atoms with Crippen molar-refractivity contribution in [1.29, 1.82) is 0 Å². The average Bonchev–Trinajstić information content (AvgIpc) is 2.92. The van der Waals surface area contributed by atoms with Crippen LogP contribution in [0.15, 0.2) is 24.9 Å². The summed E-state index contributed by atoms with van der Waals surface area (Å²) in [6, 6.07) is 0.280. The number of aromatic nitrogens is 4. The Labute approximate surface area is 119 Å². The Bertz CT molecular complexity index is 535. The van der Waals surface area contributed by atoms with Crippen LogP contribution in [0.25, 0.3) is 0 Å². The van der Waals surface area contributed by atoms with Gasteiger partial charge in [-0.3, -0.25) is 0 Å². The summed E-state index contributed by atoms with van der Waals surface area (Å²) in [5, 5.41) is 3.39. The molecular weight excluding hydrogens is 252 g/mol. The first-order valence-electron chi connectivity index (χ1n) is 6.83. The summed E-state index contributed by atoms with van der Waals surface area (Å²) in [6.45, 7) is 5.02. The molecule has 0 aliphatic carbocycles. The molecule has 6 nitrogen and oxygen atoms in total. The monoisotopic (exact) mass is 274 g/mol. The van der Waals surface area contributed by atoms with Crippen molar-refractivity contribution in [3.05, 3.63) is 30.5 Å². The van der Waals surface area contributed by atoms with Gasteiger partial charge in [0, 0.05) is 50.8 Å². The first-order valence-corrected chi connectivity index (χ1v) is 6.83. The number of imidazole rings is 1. The zero-order chi connectivity index (χ0) is 14.5. The first-order chi connectivity index (χ1) is 9.60. The zero-order valence-corrected chi connectivity index (χ0v) is 12.5. The molecule has 0 unspecified atom stereocenters. The van der Waals surface area contributed by atoms with Crippen LogP contribution in [0.1, 0.15) is 18.9 Å². The summed E-state index contributed by atoms with van der Waals surface area (Å²) in [7, 11) is 3.98. The van der Waals surface area contributed by atoms with Gasteiger partial charge in [-0.15, -0.1) is 0 Å². The van der Waals surface area contributed by atoms with Crippen molar-refractivity contribution >= 4 is 11.8 Å². The van der Waals surface area contributed by atoms with E-state index in [9.17, 15) is 0 Å². The molecule has 2 heterocycles. The van der Waals surface area contributed by atoms with Gasteiger partial charge in [0.25, 0.3) is 0 Å². The summed E-state index contributed by atoms with van der Waals surface area (Å²) >= 11 is 0. The SMILES string of the molecule is CC[C@H](Cn1ccnc1)Nc1ncc(C)c(N(C)C)n1. The van der Waals surface area contributed by atoms with E-state index in [2.05, 4.69) is 31.8 Å². The average molecular weight is 274 g/mol. The topological polar surface area (TPSA) is 58.9 Å². The summed E-state index contributed by atoms with van der Waals surface area (Å²) in [5.41, 5.74) is 1.07. The summed E-state index contributed by atoms with van der Waals surface area (Å²) in [6.07, 6.45) is 8.43. The second-order valence-electron chi connectivity index (χ2n) is 5.10. The van der Waals surface area contributed by atoms with Gasteiger partial charge in [0.15, 0.2) is 0 Å². The van der Waals surface area contributed by atoms with Crippen LogP contribution in [-0.2, 0) is 6.54 Å². The maximum Gasteiger partial charge on any atom is 0.224 e. The third kappa shape index (κ3) is 3.46. The summed E-state index contributed by atoms with van der Waals surface area (Å²) in [5.74, 6) is 1.62. The molecule has 0 aromatic carbocycles. The number of anilines is 2. The Balaban J connectivity index is 2.09. The molecule has 0 spiro atoms. The Kier molecular flexibility index (Phi) is 4.55. The van der Waals surface area contributed by atoms with Gasteiger partial charge in [0.1, 0.15) is 5.82 Å². The highest BCUT2D eigenvalue weighted by Crippen LogP contribution is 2.16. The molecule has 108 valence electrons. The highest BCUT2D eigenvalue weighted by atomic mass is 15.2. The normalized spacial score (nSPS) is 12.2. The second kappa shape index (κ2) is 6.36. The maximum absolute atomic E-state index is 4.57. The van der Waals surface area contributed by atoms with E-state index < -0.39 is 0 Å². The number of rotatable bonds is 6. The van der Waals surface area contributed by atoms with Crippen molar-refractivity contribution in [2.75, 3.05) is 24.3 Å². The number of hydrogen-bond donors (Lipinski definition) is 1. The van der Waals surface area contributed by atoms with Crippen molar-refractivity contribution in [3.8, 4) is 0 Å². The van der Waals surface area contributed by atoms with Crippen LogP contribution in [0.3, 0.4) is 0 Å². The molecule has 2 aromatic heterocycles. The number of nitrogens with one attached hydrogen (secondary N) is 1. The lowest BCUT2D eigenvalue weighted by atomic mass is 10.2. The van der Waals surface area contributed by atoms with Gasteiger partial charge < -0.3 is 14.8 Å². The molecule has 1 N–H and O–H groups in total. The molecule has 0 fully saturated rings. The minimum atomic E-state index is 0.280. The molecule has 0 saturated carbocycles. The third-order valence-electron chi connectivity index (χ3n) is 3.19. The first kappa shape index (κ1) is 14.3. The second-order valence-corrected chi connectivity index (χ2v) is 5.10. The molecule has 0 bridgehead atoms. The van der Waals surface area contributed by atoms with E-state index in [0.717, 1.165) is 24.3 Å². The quantitative estimate of drug-likeness (QED) is 0.872. The molecule has 20 heavy (non-hydrogen) atoms. The van der Waals surface area contributed by atoms with E-state index in [1.54, 1.807) is 6.20 Å². The van der Waals surface area contributed by atoms with Crippen LogP contribution in [0.4, 0.5) is 11.8 Å². The lowest BCUT2D eigenvalue weighted by molar-refractivity contribution is 0.565. The Morgan fingerprint density at radius 1 is 1.40 bits per heavy atom. The largest absolute Gasteiger partial charge is 0.362 e. The fourth-order valence-corrected chi connectivity index (χ4v) is 2.06. The smallest absolute Gasteiger partial charge is 0.224 e. The molecule has 0 aliphatic heterocycles. The van der Waals surface area contributed by atoms with Crippen LogP contribution < -0.4 is 10.2 Å². The van der Waals surface area contributed by atoms with Crippen molar-refractivity contribution in [2.24, 2.45) is 0 Å². The molecule has 0 radical (unpaired) electrons. The Hall–Kier alpha value is -2.11. The molecule has 2 rings (SSSR count). The molecule has 0 aliphatic rings. The highest BCUT2D eigenvalue weighted by Gasteiger charge is 2.11.